The Morgan fingerprint density at radius 1 is 1.10 bits per heavy atom. The number of hydrogen-bond acceptors (Lipinski definition) is 3. The fraction of sp³-hybridized carbons (Fsp3) is 0.188. The Labute approximate surface area is 120 Å². The Bertz CT molecular complexity index is 717. The summed E-state index contributed by atoms with van der Waals surface area (Å²) in [6.07, 6.45) is 0. The van der Waals surface area contributed by atoms with Gasteiger partial charge in [-0.15, -0.1) is 0 Å². The van der Waals surface area contributed by atoms with Crippen molar-refractivity contribution < 1.29 is 17.9 Å². The van der Waals surface area contributed by atoms with Crippen LogP contribution in [0.15, 0.2) is 52.9 Å². The Morgan fingerprint density at radius 3 is 2.48 bits per heavy atom. The van der Waals surface area contributed by atoms with Crippen molar-refractivity contribution in [2.45, 2.75) is 12.5 Å². The SMILES string of the molecule is COCc1ccc(C(F)(F)c2nc3ccccc3o2)cc1. The van der Waals surface area contributed by atoms with E-state index < -0.39 is 11.8 Å². The van der Waals surface area contributed by atoms with E-state index in [9.17, 15) is 8.78 Å². The lowest BCUT2D eigenvalue weighted by atomic mass is 10.1. The Kier molecular flexibility index (Phi) is 3.43. The maximum Gasteiger partial charge on any atom is 0.347 e. The lowest BCUT2D eigenvalue weighted by Crippen LogP contribution is -2.15. The van der Waals surface area contributed by atoms with Crippen LogP contribution in [0.5, 0.6) is 0 Å². The predicted octanol–water partition coefficient (Wildman–Crippen LogP) is 4.11. The summed E-state index contributed by atoms with van der Waals surface area (Å²) in [5, 5.41) is 0. The first-order chi connectivity index (χ1) is 10.1. The molecule has 1 heterocycles. The molecule has 0 saturated carbocycles. The largest absolute Gasteiger partial charge is 0.435 e. The van der Waals surface area contributed by atoms with E-state index in [1.165, 1.54) is 12.1 Å². The molecule has 1 aromatic heterocycles. The number of methoxy groups -OCH3 is 1. The molecule has 5 heteroatoms. The molecular formula is C16H13F2NO2. The van der Waals surface area contributed by atoms with E-state index in [1.807, 2.05) is 0 Å². The van der Waals surface area contributed by atoms with Crippen LogP contribution < -0.4 is 0 Å². The van der Waals surface area contributed by atoms with Crippen LogP contribution in [-0.4, -0.2) is 12.1 Å². The summed E-state index contributed by atoms with van der Waals surface area (Å²) in [5.41, 5.74) is 1.44. The number of para-hydroxylation sites is 2. The van der Waals surface area contributed by atoms with Gasteiger partial charge in [0.2, 0.25) is 0 Å². The van der Waals surface area contributed by atoms with Crippen molar-refractivity contribution in [2.75, 3.05) is 7.11 Å². The van der Waals surface area contributed by atoms with Crippen LogP contribution in [0, 0.1) is 0 Å². The van der Waals surface area contributed by atoms with Gasteiger partial charge in [-0.25, -0.2) is 4.98 Å². The molecule has 0 aliphatic rings. The topological polar surface area (TPSA) is 35.3 Å². The third-order valence-electron chi connectivity index (χ3n) is 3.19. The maximum atomic E-state index is 14.5. The molecule has 3 rings (SSSR count). The van der Waals surface area contributed by atoms with Gasteiger partial charge in [0.05, 0.1) is 6.61 Å². The molecule has 3 aromatic rings. The zero-order valence-electron chi connectivity index (χ0n) is 11.3. The molecular weight excluding hydrogens is 276 g/mol. The van der Waals surface area contributed by atoms with Crippen LogP contribution in [0.3, 0.4) is 0 Å². The number of nitrogens with zero attached hydrogens (tertiary/aromatic N) is 1. The molecule has 0 fully saturated rings. The summed E-state index contributed by atoms with van der Waals surface area (Å²) >= 11 is 0. The fourth-order valence-corrected chi connectivity index (χ4v) is 2.11. The summed E-state index contributed by atoms with van der Waals surface area (Å²) in [5.74, 6) is -3.87. The van der Waals surface area contributed by atoms with Gasteiger partial charge in [-0.3, -0.25) is 0 Å². The van der Waals surface area contributed by atoms with Gasteiger partial charge in [-0.1, -0.05) is 36.4 Å². The third kappa shape index (κ3) is 2.52. The number of ether oxygens (including phenoxy) is 1. The Morgan fingerprint density at radius 2 is 1.81 bits per heavy atom. The molecule has 21 heavy (non-hydrogen) atoms. The number of halogens is 2. The van der Waals surface area contributed by atoms with E-state index in [0.29, 0.717) is 17.7 Å². The minimum atomic E-state index is -3.27. The molecule has 2 aromatic carbocycles. The van der Waals surface area contributed by atoms with Gasteiger partial charge in [0.1, 0.15) is 5.52 Å². The van der Waals surface area contributed by atoms with Gasteiger partial charge in [0, 0.05) is 12.7 Å². The molecule has 0 atom stereocenters. The minimum absolute atomic E-state index is 0.158. The van der Waals surface area contributed by atoms with Gasteiger partial charge in [0.25, 0.3) is 5.89 Å². The van der Waals surface area contributed by atoms with E-state index in [4.69, 9.17) is 9.15 Å². The van der Waals surface area contributed by atoms with Crippen molar-refractivity contribution >= 4 is 11.1 Å². The Balaban J connectivity index is 1.98. The Hall–Kier alpha value is -2.27. The van der Waals surface area contributed by atoms with E-state index in [0.717, 1.165) is 5.56 Å². The quantitative estimate of drug-likeness (QED) is 0.725. The summed E-state index contributed by atoms with van der Waals surface area (Å²) < 4.78 is 39.1. The maximum absolute atomic E-state index is 14.5. The molecule has 108 valence electrons. The highest BCUT2D eigenvalue weighted by atomic mass is 19.3. The van der Waals surface area contributed by atoms with E-state index >= 15 is 0 Å². The molecule has 0 unspecified atom stereocenters. The van der Waals surface area contributed by atoms with Crippen LogP contribution in [0.2, 0.25) is 0 Å². The smallest absolute Gasteiger partial charge is 0.347 e. The molecule has 0 spiro atoms. The summed E-state index contributed by atoms with van der Waals surface area (Å²) in [6.45, 7) is 0.384. The molecule has 0 aliphatic heterocycles. The zero-order valence-corrected chi connectivity index (χ0v) is 11.3. The van der Waals surface area contributed by atoms with Crippen LogP contribution in [0.25, 0.3) is 11.1 Å². The summed E-state index contributed by atoms with van der Waals surface area (Å²) in [7, 11) is 1.56. The van der Waals surface area contributed by atoms with Crippen molar-refractivity contribution in [1.82, 2.24) is 4.98 Å². The third-order valence-corrected chi connectivity index (χ3v) is 3.19. The van der Waals surface area contributed by atoms with Gasteiger partial charge >= 0.3 is 5.92 Å². The molecule has 0 amide bonds. The molecule has 0 aliphatic carbocycles. The van der Waals surface area contributed by atoms with Crippen molar-refractivity contribution in [3.05, 3.63) is 65.5 Å². The average Bonchev–Trinajstić information content (AvgIpc) is 2.93. The van der Waals surface area contributed by atoms with E-state index in [2.05, 4.69) is 4.98 Å². The van der Waals surface area contributed by atoms with Gasteiger partial charge < -0.3 is 9.15 Å². The first-order valence-electron chi connectivity index (χ1n) is 6.43. The minimum Gasteiger partial charge on any atom is -0.435 e. The summed E-state index contributed by atoms with van der Waals surface area (Å²) in [4.78, 5) is 3.88. The number of alkyl halides is 2. The van der Waals surface area contributed by atoms with Crippen molar-refractivity contribution in [1.29, 1.82) is 0 Å². The number of hydrogen-bond donors (Lipinski definition) is 0. The first kappa shape index (κ1) is 13.7. The first-order valence-corrected chi connectivity index (χ1v) is 6.43. The standard InChI is InChI=1S/C16H13F2NO2/c1-20-10-11-6-8-12(9-7-11)16(17,18)15-19-13-4-2-3-5-14(13)21-15/h2-9H,10H2,1H3. The lowest BCUT2D eigenvalue weighted by Gasteiger charge is -2.13. The second-order valence-electron chi connectivity index (χ2n) is 4.69. The van der Waals surface area contributed by atoms with Crippen LogP contribution in [0.4, 0.5) is 8.78 Å². The molecule has 0 N–H and O–H groups in total. The van der Waals surface area contributed by atoms with Crippen molar-refractivity contribution in [2.24, 2.45) is 0 Å². The zero-order chi connectivity index (χ0) is 14.9. The number of aromatic nitrogens is 1. The van der Waals surface area contributed by atoms with E-state index in [-0.39, 0.29) is 5.56 Å². The second kappa shape index (κ2) is 5.26. The lowest BCUT2D eigenvalue weighted by molar-refractivity contribution is 0.0147. The number of oxazole rings is 1. The van der Waals surface area contributed by atoms with Crippen molar-refractivity contribution in [3.8, 4) is 0 Å². The van der Waals surface area contributed by atoms with Gasteiger partial charge in [0.15, 0.2) is 5.58 Å². The number of benzene rings is 2. The highest BCUT2D eigenvalue weighted by molar-refractivity contribution is 5.72. The number of rotatable bonds is 4. The summed E-state index contributed by atoms with van der Waals surface area (Å²) in [6, 6.07) is 12.6. The van der Waals surface area contributed by atoms with Crippen LogP contribution in [-0.2, 0) is 17.3 Å². The predicted molar refractivity (Wildman–Crippen MR) is 74.2 cm³/mol. The van der Waals surface area contributed by atoms with Crippen molar-refractivity contribution in [3.63, 3.8) is 0 Å². The fourth-order valence-electron chi connectivity index (χ4n) is 2.11. The molecule has 0 bridgehead atoms. The number of fused-ring (bicyclic) bond motifs is 1. The molecule has 0 radical (unpaired) electrons. The van der Waals surface area contributed by atoms with E-state index in [1.54, 1.807) is 43.5 Å². The highest BCUT2D eigenvalue weighted by Gasteiger charge is 2.39. The monoisotopic (exact) mass is 289 g/mol. The average molecular weight is 289 g/mol. The van der Waals surface area contributed by atoms with Crippen LogP contribution in [0.1, 0.15) is 17.0 Å². The van der Waals surface area contributed by atoms with Crippen LogP contribution >= 0.6 is 0 Å². The normalized spacial score (nSPS) is 12.0. The van der Waals surface area contributed by atoms with Gasteiger partial charge in [-0.05, 0) is 17.7 Å². The highest BCUT2D eigenvalue weighted by Crippen LogP contribution is 2.36. The second-order valence-corrected chi connectivity index (χ2v) is 4.69. The molecule has 3 nitrogen and oxygen atoms in total. The van der Waals surface area contributed by atoms with Gasteiger partial charge in [-0.2, -0.15) is 8.78 Å². The molecule has 0 saturated heterocycles.